The monoisotopic (exact) mass is 307 g/mol. The van der Waals surface area contributed by atoms with Gasteiger partial charge >= 0.3 is 6.09 Å². The van der Waals surface area contributed by atoms with Crippen molar-refractivity contribution >= 4 is 12.2 Å². The van der Waals surface area contributed by atoms with Crippen molar-refractivity contribution in [3.05, 3.63) is 35.9 Å². The summed E-state index contributed by atoms with van der Waals surface area (Å²) in [5, 5.41) is 8.82. The molecule has 0 saturated heterocycles. The molecule has 0 radical (unpaired) electrons. The number of carbonyl (C=O) groups excluding carboxylic acids is 1. The van der Waals surface area contributed by atoms with Crippen LogP contribution >= 0.6 is 0 Å². The first-order valence-corrected chi connectivity index (χ1v) is 7.27. The molecule has 0 aliphatic heterocycles. The Hall–Kier alpha value is -2.01. The van der Waals surface area contributed by atoms with Crippen LogP contribution in [0.1, 0.15) is 26.3 Å². The minimum absolute atomic E-state index is 0.0283. The summed E-state index contributed by atoms with van der Waals surface area (Å²) in [6, 6.07) is 7.53. The minimum Gasteiger partial charge on any atom is -0.491 e. The Bertz CT molecular complexity index is 506. The predicted molar refractivity (Wildman–Crippen MR) is 86.9 cm³/mol. The molecule has 0 atom stereocenters. The first kappa shape index (κ1) is 18.0. The van der Waals surface area contributed by atoms with Crippen LogP contribution in [-0.4, -0.2) is 48.5 Å². The quantitative estimate of drug-likeness (QED) is 0.878. The zero-order valence-corrected chi connectivity index (χ0v) is 13.7. The number of hydrogen-bond acceptors (Lipinski definition) is 4. The van der Waals surface area contributed by atoms with Crippen LogP contribution < -0.4 is 4.74 Å². The van der Waals surface area contributed by atoms with E-state index in [1.54, 1.807) is 7.05 Å². The van der Waals surface area contributed by atoms with Crippen LogP contribution in [0.2, 0.25) is 0 Å². The van der Waals surface area contributed by atoms with Gasteiger partial charge in [-0.2, -0.15) is 0 Å². The summed E-state index contributed by atoms with van der Waals surface area (Å²) in [7, 11) is 1.69. The van der Waals surface area contributed by atoms with Gasteiger partial charge in [0.15, 0.2) is 0 Å². The Morgan fingerprint density at radius 2 is 2.00 bits per heavy atom. The molecular formula is C17H25NO4. The summed E-state index contributed by atoms with van der Waals surface area (Å²) in [5.74, 6) is 0.702. The van der Waals surface area contributed by atoms with Crippen molar-refractivity contribution in [1.82, 2.24) is 4.90 Å². The van der Waals surface area contributed by atoms with E-state index >= 15 is 0 Å². The van der Waals surface area contributed by atoms with E-state index < -0.39 is 5.60 Å². The van der Waals surface area contributed by atoms with Gasteiger partial charge in [-0.25, -0.2) is 4.79 Å². The summed E-state index contributed by atoms with van der Waals surface area (Å²) >= 11 is 0. The number of rotatable bonds is 6. The molecule has 0 heterocycles. The average molecular weight is 307 g/mol. The second-order valence-corrected chi connectivity index (χ2v) is 5.87. The van der Waals surface area contributed by atoms with Crippen molar-refractivity contribution in [2.24, 2.45) is 0 Å². The lowest BCUT2D eigenvalue weighted by atomic mass is 10.2. The lowest BCUT2D eigenvalue weighted by Gasteiger charge is -2.23. The third-order valence-electron chi connectivity index (χ3n) is 2.65. The molecule has 0 aliphatic carbocycles. The number of hydrogen-bond donors (Lipinski definition) is 1. The molecule has 0 bridgehead atoms. The largest absolute Gasteiger partial charge is 0.491 e. The fourth-order valence-electron chi connectivity index (χ4n) is 1.66. The molecule has 1 N–H and O–H groups in total. The van der Waals surface area contributed by atoms with Gasteiger partial charge in [-0.1, -0.05) is 30.4 Å². The molecule has 1 aromatic rings. The van der Waals surface area contributed by atoms with Crippen molar-refractivity contribution in [3.8, 4) is 5.75 Å². The average Bonchev–Trinajstić information content (AvgIpc) is 2.44. The van der Waals surface area contributed by atoms with Gasteiger partial charge in [-0.3, -0.25) is 0 Å². The molecule has 5 nitrogen and oxygen atoms in total. The highest BCUT2D eigenvalue weighted by atomic mass is 16.6. The highest BCUT2D eigenvalue weighted by Gasteiger charge is 2.18. The Balaban J connectivity index is 2.60. The van der Waals surface area contributed by atoms with E-state index in [1.807, 2.05) is 57.2 Å². The van der Waals surface area contributed by atoms with E-state index in [4.69, 9.17) is 14.6 Å². The molecule has 22 heavy (non-hydrogen) atoms. The van der Waals surface area contributed by atoms with Crippen LogP contribution in [0, 0.1) is 0 Å². The number of aliphatic hydroxyl groups is 1. The molecule has 5 heteroatoms. The number of aliphatic hydroxyl groups excluding tert-OH is 1. The number of ether oxygens (including phenoxy) is 2. The smallest absolute Gasteiger partial charge is 0.410 e. The van der Waals surface area contributed by atoms with Crippen LogP contribution in [0.4, 0.5) is 4.79 Å². The van der Waals surface area contributed by atoms with E-state index in [-0.39, 0.29) is 19.3 Å². The van der Waals surface area contributed by atoms with Crippen molar-refractivity contribution < 1.29 is 19.4 Å². The van der Waals surface area contributed by atoms with Crippen LogP contribution in [0.3, 0.4) is 0 Å². The Kier molecular flexibility index (Phi) is 6.92. The number of amides is 1. The van der Waals surface area contributed by atoms with Gasteiger partial charge in [0.25, 0.3) is 0 Å². The van der Waals surface area contributed by atoms with Gasteiger partial charge in [0.1, 0.15) is 18.0 Å². The molecule has 0 unspecified atom stereocenters. The third-order valence-corrected chi connectivity index (χ3v) is 2.65. The second kappa shape index (κ2) is 8.44. The van der Waals surface area contributed by atoms with Crippen LogP contribution in [0.15, 0.2) is 30.3 Å². The fourth-order valence-corrected chi connectivity index (χ4v) is 1.66. The normalized spacial score (nSPS) is 11.5. The summed E-state index contributed by atoms with van der Waals surface area (Å²) < 4.78 is 10.7. The van der Waals surface area contributed by atoms with Gasteiger partial charge in [0.2, 0.25) is 0 Å². The number of carbonyl (C=O) groups is 1. The molecule has 122 valence electrons. The molecule has 1 amide bonds. The van der Waals surface area contributed by atoms with E-state index in [2.05, 4.69) is 0 Å². The highest BCUT2D eigenvalue weighted by molar-refractivity contribution is 5.68. The molecule has 0 fully saturated rings. The summed E-state index contributed by atoms with van der Waals surface area (Å²) in [5.41, 5.74) is 0.397. The first-order chi connectivity index (χ1) is 10.3. The summed E-state index contributed by atoms with van der Waals surface area (Å²) in [6.45, 7) is 6.17. The lowest BCUT2D eigenvalue weighted by Crippen LogP contribution is -2.34. The Labute approximate surface area is 132 Å². The Morgan fingerprint density at radius 1 is 1.32 bits per heavy atom. The molecule has 0 saturated carbocycles. The maximum absolute atomic E-state index is 11.8. The standard InChI is InChI=1S/C17H25NO4/c1-17(2,3)22-16(20)18(4)11-7-9-14-8-5-6-10-15(14)21-13-12-19/h5-10,19H,11-13H2,1-4H3/b9-7+. The minimum atomic E-state index is -0.500. The van der Waals surface area contributed by atoms with Gasteiger partial charge in [-0.15, -0.1) is 0 Å². The molecule has 0 aromatic heterocycles. The van der Waals surface area contributed by atoms with Crippen molar-refractivity contribution in [1.29, 1.82) is 0 Å². The number of para-hydroxylation sites is 1. The molecule has 0 spiro atoms. The third kappa shape index (κ3) is 6.63. The first-order valence-electron chi connectivity index (χ1n) is 7.27. The number of benzene rings is 1. The Morgan fingerprint density at radius 3 is 2.64 bits per heavy atom. The molecular weight excluding hydrogens is 282 g/mol. The van der Waals surface area contributed by atoms with Crippen LogP contribution in [0.25, 0.3) is 6.08 Å². The van der Waals surface area contributed by atoms with Crippen molar-refractivity contribution in [2.45, 2.75) is 26.4 Å². The van der Waals surface area contributed by atoms with Gasteiger partial charge in [-0.05, 0) is 26.8 Å². The summed E-state index contributed by atoms with van der Waals surface area (Å²) in [6.07, 6.45) is 3.39. The summed E-state index contributed by atoms with van der Waals surface area (Å²) in [4.78, 5) is 13.3. The maximum Gasteiger partial charge on any atom is 0.410 e. The highest BCUT2D eigenvalue weighted by Crippen LogP contribution is 2.19. The molecule has 0 aliphatic rings. The number of likely N-dealkylation sites (N-methyl/N-ethyl adjacent to an activating group) is 1. The van der Waals surface area contributed by atoms with Gasteiger partial charge in [0, 0.05) is 19.2 Å². The van der Waals surface area contributed by atoms with E-state index in [0.717, 1.165) is 5.56 Å². The number of nitrogens with zero attached hydrogens (tertiary/aromatic N) is 1. The van der Waals surface area contributed by atoms with Crippen LogP contribution in [-0.2, 0) is 4.74 Å². The topological polar surface area (TPSA) is 59.0 Å². The zero-order valence-electron chi connectivity index (χ0n) is 13.7. The molecule has 1 aromatic carbocycles. The van der Waals surface area contributed by atoms with Crippen molar-refractivity contribution in [2.75, 3.05) is 26.8 Å². The SMILES string of the molecule is CN(C/C=C/c1ccccc1OCCO)C(=O)OC(C)(C)C. The van der Waals surface area contributed by atoms with Crippen LogP contribution in [0.5, 0.6) is 5.75 Å². The predicted octanol–water partition coefficient (Wildman–Crippen LogP) is 2.94. The van der Waals surface area contributed by atoms with E-state index in [9.17, 15) is 4.79 Å². The van der Waals surface area contributed by atoms with E-state index in [1.165, 1.54) is 4.90 Å². The lowest BCUT2D eigenvalue weighted by molar-refractivity contribution is 0.0318. The van der Waals surface area contributed by atoms with E-state index in [0.29, 0.717) is 12.3 Å². The second-order valence-electron chi connectivity index (χ2n) is 5.87. The van der Waals surface area contributed by atoms with Crippen molar-refractivity contribution in [3.63, 3.8) is 0 Å². The maximum atomic E-state index is 11.8. The zero-order chi connectivity index (χ0) is 16.6. The van der Waals surface area contributed by atoms with Gasteiger partial charge in [0.05, 0.1) is 6.61 Å². The molecule has 1 rings (SSSR count). The fraction of sp³-hybridized carbons (Fsp3) is 0.471. The van der Waals surface area contributed by atoms with Gasteiger partial charge < -0.3 is 19.5 Å².